The zero-order chi connectivity index (χ0) is 15.9. The number of hydrogen-bond acceptors (Lipinski definition) is 4. The zero-order valence-corrected chi connectivity index (χ0v) is 14.0. The summed E-state index contributed by atoms with van der Waals surface area (Å²) in [5, 5.41) is 3.42. The first-order chi connectivity index (χ1) is 10.6. The molecule has 0 saturated carbocycles. The van der Waals surface area contributed by atoms with E-state index in [1.54, 1.807) is 0 Å². The minimum absolute atomic E-state index is 0.597. The van der Waals surface area contributed by atoms with Gasteiger partial charge in [0.05, 0.1) is 6.61 Å². The van der Waals surface area contributed by atoms with Gasteiger partial charge < -0.3 is 19.9 Å². The van der Waals surface area contributed by atoms with Crippen LogP contribution in [-0.2, 0) is 11.3 Å². The van der Waals surface area contributed by atoms with E-state index in [2.05, 4.69) is 33.3 Å². The molecule has 6 nitrogen and oxygen atoms in total. The number of aliphatic imine (C=N–C) groups is 1. The lowest BCUT2D eigenvalue weighted by atomic mass is 10.1. The van der Waals surface area contributed by atoms with Crippen molar-refractivity contribution in [3.8, 4) is 0 Å². The Kier molecular flexibility index (Phi) is 6.00. The third kappa shape index (κ3) is 4.34. The molecule has 0 bridgehead atoms. The standard InChI is InChI=1S/C16H27N5O/c1-17-16(21(4)11-13-7-9-22-12-13)19-10-14-6-5-8-18-15(14)20(2)3/h5-6,8,13H,7,9-12H2,1-4H3,(H,17,19). The SMILES string of the molecule is CN=C(NCc1cccnc1N(C)C)N(C)CC1CCOC1. The maximum atomic E-state index is 5.44. The van der Waals surface area contributed by atoms with E-state index in [0.717, 1.165) is 43.5 Å². The summed E-state index contributed by atoms with van der Waals surface area (Å²) in [6.07, 6.45) is 2.95. The van der Waals surface area contributed by atoms with E-state index < -0.39 is 0 Å². The average Bonchev–Trinajstić information content (AvgIpc) is 3.01. The Morgan fingerprint density at radius 3 is 2.91 bits per heavy atom. The van der Waals surface area contributed by atoms with Gasteiger partial charge in [-0.05, 0) is 12.5 Å². The van der Waals surface area contributed by atoms with Gasteiger partial charge in [0, 0.05) is 65.6 Å². The topological polar surface area (TPSA) is 53.0 Å². The molecular weight excluding hydrogens is 278 g/mol. The molecular formula is C16H27N5O. The van der Waals surface area contributed by atoms with Crippen molar-refractivity contribution in [2.45, 2.75) is 13.0 Å². The van der Waals surface area contributed by atoms with Gasteiger partial charge in [0.2, 0.25) is 0 Å². The van der Waals surface area contributed by atoms with Crippen LogP contribution in [0.25, 0.3) is 0 Å². The minimum atomic E-state index is 0.597. The van der Waals surface area contributed by atoms with Gasteiger partial charge >= 0.3 is 0 Å². The second-order valence-electron chi connectivity index (χ2n) is 5.89. The number of aromatic nitrogens is 1. The number of rotatable bonds is 5. The molecule has 1 unspecified atom stereocenters. The van der Waals surface area contributed by atoms with Crippen LogP contribution in [0.3, 0.4) is 0 Å². The highest BCUT2D eigenvalue weighted by atomic mass is 16.5. The molecule has 1 aliphatic heterocycles. The number of ether oxygens (including phenoxy) is 1. The first kappa shape index (κ1) is 16.5. The van der Waals surface area contributed by atoms with Crippen molar-refractivity contribution < 1.29 is 4.74 Å². The number of guanidine groups is 1. The summed E-state index contributed by atoms with van der Waals surface area (Å²) in [5.41, 5.74) is 1.16. The highest BCUT2D eigenvalue weighted by molar-refractivity contribution is 5.79. The molecule has 0 amide bonds. The van der Waals surface area contributed by atoms with Crippen molar-refractivity contribution in [1.82, 2.24) is 15.2 Å². The van der Waals surface area contributed by atoms with E-state index in [-0.39, 0.29) is 0 Å². The van der Waals surface area contributed by atoms with Crippen LogP contribution in [0.4, 0.5) is 5.82 Å². The summed E-state index contributed by atoms with van der Waals surface area (Å²) in [5.74, 6) is 2.48. The molecule has 0 aromatic carbocycles. The van der Waals surface area contributed by atoms with Gasteiger partial charge in [-0.1, -0.05) is 6.07 Å². The van der Waals surface area contributed by atoms with Crippen molar-refractivity contribution in [3.63, 3.8) is 0 Å². The molecule has 1 saturated heterocycles. The Morgan fingerprint density at radius 2 is 2.27 bits per heavy atom. The van der Waals surface area contributed by atoms with Gasteiger partial charge in [0.15, 0.2) is 5.96 Å². The van der Waals surface area contributed by atoms with Gasteiger partial charge in [0.25, 0.3) is 0 Å². The zero-order valence-electron chi connectivity index (χ0n) is 14.0. The van der Waals surface area contributed by atoms with Crippen LogP contribution in [0.15, 0.2) is 23.3 Å². The highest BCUT2D eigenvalue weighted by Crippen LogP contribution is 2.15. The molecule has 6 heteroatoms. The molecule has 0 aliphatic carbocycles. The summed E-state index contributed by atoms with van der Waals surface area (Å²) >= 11 is 0. The quantitative estimate of drug-likeness (QED) is 0.654. The van der Waals surface area contributed by atoms with Gasteiger partial charge in [-0.25, -0.2) is 4.98 Å². The number of pyridine rings is 1. The van der Waals surface area contributed by atoms with E-state index in [9.17, 15) is 0 Å². The van der Waals surface area contributed by atoms with Crippen molar-refractivity contribution in [3.05, 3.63) is 23.9 Å². The molecule has 1 aromatic rings. The molecule has 1 atom stereocenters. The minimum Gasteiger partial charge on any atom is -0.381 e. The Hall–Kier alpha value is -1.82. The largest absolute Gasteiger partial charge is 0.381 e. The normalized spacial score (nSPS) is 18.4. The Balaban J connectivity index is 1.93. The number of anilines is 1. The lowest BCUT2D eigenvalue weighted by molar-refractivity contribution is 0.181. The van der Waals surface area contributed by atoms with Crippen LogP contribution in [0, 0.1) is 5.92 Å². The summed E-state index contributed by atoms with van der Waals surface area (Å²) in [7, 11) is 7.91. The van der Waals surface area contributed by atoms with E-state index in [4.69, 9.17) is 4.74 Å². The van der Waals surface area contributed by atoms with Crippen LogP contribution in [0.1, 0.15) is 12.0 Å². The van der Waals surface area contributed by atoms with Crippen molar-refractivity contribution in [2.75, 3.05) is 52.8 Å². The predicted octanol–water partition coefficient (Wildman–Crippen LogP) is 1.19. The van der Waals surface area contributed by atoms with E-state index >= 15 is 0 Å². The van der Waals surface area contributed by atoms with E-state index in [0.29, 0.717) is 12.5 Å². The van der Waals surface area contributed by atoms with Crippen molar-refractivity contribution >= 4 is 11.8 Å². The van der Waals surface area contributed by atoms with Crippen LogP contribution in [0.2, 0.25) is 0 Å². The maximum Gasteiger partial charge on any atom is 0.193 e. The third-order valence-corrected chi connectivity index (χ3v) is 3.86. The number of hydrogen-bond donors (Lipinski definition) is 1. The highest BCUT2D eigenvalue weighted by Gasteiger charge is 2.19. The Bertz CT molecular complexity index is 497. The van der Waals surface area contributed by atoms with Crippen molar-refractivity contribution in [1.29, 1.82) is 0 Å². The van der Waals surface area contributed by atoms with Crippen LogP contribution in [0.5, 0.6) is 0 Å². The Labute approximate surface area is 133 Å². The van der Waals surface area contributed by atoms with Gasteiger partial charge in [-0.15, -0.1) is 0 Å². The summed E-state index contributed by atoms with van der Waals surface area (Å²) in [4.78, 5) is 13.0. The molecule has 1 aliphatic rings. The summed E-state index contributed by atoms with van der Waals surface area (Å²) in [6.45, 7) is 3.41. The molecule has 22 heavy (non-hydrogen) atoms. The second-order valence-corrected chi connectivity index (χ2v) is 5.89. The molecule has 122 valence electrons. The molecule has 0 spiro atoms. The van der Waals surface area contributed by atoms with E-state index in [1.807, 2.05) is 38.3 Å². The maximum absolute atomic E-state index is 5.44. The van der Waals surface area contributed by atoms with E-state index in [1.165, 1.54) is 0 Å². The number of nitrogens with one attached hydrogen (secondary N) is 1. The van der Waals surface area contributed by atoms with Gasteiger partial charge in [0.1, 0.15) is 5.82 Å². The monoisotopic (exact) mass is 305 g/mol. The fourth-order valence-electron chi connectivity index (χ4n) is 2.73. The van der Waals surface area contributed by atoms with Crippen LogP contribution >= 0.6 is 0 Å². The predicted molar refractivity (Wildman–Crippen MR) is 90.3 cm³/mol. The smallest absolute Gasteiger partial charge is 0.193 e. The molecule has 1 N–H and O–H groups in total. The second kappa shape index (κ2) is 7.98. The summed E-state index contributed by atoms with van der Waals surface area (Å²) in [6, 6.07) is 4.06. The van der Waals surface area contributed by atoms with Gasteiger partial charge in [-0.2, -0.15) is 0 Å². The molecule has 1 fully saturated rings. The van der Waals surface area contributed by atoms with Crippen LogP contribution in [-0.4, -0.2) is 63.8 Å². The first-order valence-electron chi connectivity index (χ1n) is 7.72. The molecule has 0 radical (unpaired) electrons. The average molecular weight is 305 g/mol. The van der Waals surface area contributed by atoms with Gasteiger partial charge in [-0.3, -0.25) is 4.99 Å². The fourth-order valence-corrected chi connectivity index (χ4v) is 2.73. The number of nitrogens with zero attached hydrogens (tertiary/aromatic N) is 4. The third-order valence-electron chi connectivity index (χ3n) is 3.86. The summed E-state index contributed by atoms with van der Waals surface area (Å²) < 4.78 is 5.44. The molecule has 1 aromatic heterocycles. The Morgan fingerprint density at radius 1 is 1.45 bits per heavy atom. The molecule has 2 rings (SSSR count). The van der Waals surface area contributed by atoms with Crippen molar-refractivity contribution in [2.24, 2.45) is 10.9 Å². The lowest BCUT2D eigenvalue weighted by Gasteiger charge is -2.25. The van der Waals surface area contributed by atoms with Crippen LogP contribution < -0.4 is 10.2 Å². The first-order valence-corrected chi connectivity index (χ1v) is 7.72. The lowest BCUT2D eigenvalue weighted by Crippen LogP contribution is -2.41. The molecule has 2 heterocycles. The fraction of sp³-hybridized carbons (Fsp3) is 0.625.